The molecule has 0 fully saturated rings. The Kier molecular flexibility index (Phi) is 72.8. The number of unbranched alkanes of at least 4 members (excludes halogenated alkanes) is 40. The molecular formula is C86H153NO8P+. The number of phosphoric acid groups is 1. The number of allylic oxidation sites excluding steroid dienone is 20. The quantitative estimate of drug-likeness (QED) is 0.0211. The van der Waals surface area contributed by atoms with E-state index in [1.165, 1.54) is 225 Å². The molecule has 0 bridgehead atoms. The van der Waals surface area contributed by atoms with Gasteiger partial charge in [0.05, 0.1) is 27.7 Å². The fourth-order valence-electron chi connectivity index (χ4n) is 11.4. The van der Waals surface area contributed by atoms with E-state index in [0.29, 0.717) is 17.4 Å². The maximum Gasteiger partial charge on any atom is 0.472 e. The molecule has 0 heterocycles. The minimum absolute atomic E-state index is 0.0269. The van der Waals surface area contributed by atoms with Crippen LogP contribution in [0.3, 0.4) is 0 Å². The fourth-order valence-corrected chi connectivity index (χ4v) is 12.1. The molecule has 2 atom stereocenters. The summed E-state index contributed by atoms with van der Waals surface area (Å²) in [5.74, 6) is -0.796. The second-order valence-corrected chi connectivity index (χ2v) is 29.5. The van der Waals surface area contributed by atoms with Crippen molar-refractivity contribution in [3.05, 3.63) is 122 Å². The minimum atomic E-state index is -4.40. The summed E-state index contributed by atoms with van der Waals surface area (Å²) in [5.41, 5.74) is 0. The highest BCUT2D eigenvalue weighted by Gasteiger charge is 2.27. The van der Waals surface area contributed by atoms with Crippen LogP contribution in [0.25, 0.3) is 0 Å². The number of esters is 2. The van der Waals surface area contributed by atoms with Crippen LogP contribution >= 0.6 is 7.82 Å². The molecule has 0 saturated heterocycles. The van der Waals surface area contributed by atoms with Gasteiger partial charge in [-0.15, -0.1) is 0 Å². The third kappa shape index (κ3) is 79.4. The molecule has 0 aromatic carbocycles. The van der Waals surface area contributed by atoms with Crippen LogP contribution in [-0.4, -0.2) is 74.9 Å². The molecule has 0 aliphatic carbocycles. The summed E-state index contributed by atoms with van der Waals surface area (Å²) >= 11 is 0. The molecule has 0 spiro atoms. The number of phosphoric ester groups is 1. The van der Waals surface area contributed by atoms with Gasteiger partial charge in [0.25, 0.3) is 0 Å². The van der Waals surface area contributed by atoms with E-state index in [1.54, 1.807) is 0 Å². The van der Waals surface area contributed by atoms with Gasteiger partial charge in [0.1, 0.15) is 19.8 Å². The van der Waals surface area contributed by atoms with E-state index in [-0.39, 0.29) is 32.0 Å². The molecule has 0 amide bonds. The molecule has 554 valence electrons. The highest BCUT2D eigenvalue weighted by Crippen LogP contribution is 2.43. The number of nitrogens with zero attached hydrogens (tertiary/aromatic N) is 1. The summed E-state index contributed by atoms with van der Waals surface area (Å²) in [7, 11) is 1.47. The summed E-state index contributed by atoms with van der Waals surface area (Å²) in [5, 5.41) is 0. The number of carbonyl (C=O) groups excluding carboxylic acids is 2. The van der Waals surface area contributed by atoms with Crippen molar-refractivity contribution in [2.45, 2.75) is 367 Å². The van der Waals surface area contributed by atoms with Crippen LogP contribution in [0.5, 0.6) is 0 Å². The fraction of sp³-hybridized carbons (Fsp3) is 0.744. The monoisotopic (exact) mass is 1360 g/mol. The van der Waals surface area contributed by atoms with Gasteiger partial charge in [-0.2, -0.15) is 0 Å². The Morgan fingerprint density at radius 3 is 0.896 bits per heavy atom. The molecule has 0 aliphatic rings. The van der Waals surface area contributed by atoms with Gasteiger partial charge >= 0.3 is 19.8 Å². The highest BCUT2D eigenvalue weighted by molar-refractivity contribution is 7.47. The molecule has 0 aromatic rings. The number of carbonyl (C=O) groups is 2. The van der Waals surface area contributed by atoms with Gasteiger partial charge in [-0.1, -0.05) is 360 Å². The molecule has 0 saturated carbocycles. The lowest BCUT2D eigenvalue weighted by Gasteiger charge is -2.24. The number of hydrogen-bond donors (Lipinski definition) is 1. The summed E-state index contributed by atoms with van der Waals surface area (Å²) in [6, 6.07) is 0. The SMILES string of the molecule is CC/C=C\C/C=C\C/C=C\C/C=C\C/C=C\C/C=C\C/C=C\C/C=C\C/C=C\CCCCCCCCCCCC(=O)OC(COC(=O)CCCCCCCCCCCCCCCCCCCCCCCCC/C=C\CCCCCCCCCC)COP(=O)(O)OCC[N+](C)(C)C. The number of hydrogen-bond acceptors (Lipinski definition) is 7. The van der Waals surface area contributed by atoms with Crippen molar-refractivity contribution >= 4 is 19.8 Å². The number of rotatable bonds is 74. The Bertz CT molecular complexity index is 2040. The topological polar surface area (TPSA) is 108 Å². The van der Waals surface area contributed by atoms with E-state index in [1.807, 2.05) is 21.1 Å². The molecule has 0 radical (unpaired) electrons. The van der Waals surface area contributed by atoms with Gasteiger partial charge in [-0.25, -0.2) is 4.57 Å². The van der Waals surface area contributed by atoms with Crippen LogP contribution in [0.1, 0.15) is 361 Å². The molecule has 2 unspecified atom stereocenters. The van der Waals surface area contributed by atoms with Crippen molar-refractivity contribution in [1.82, 2.24) is 0 Å². The Balaban J connectivity index is 4.01. The maximum absolute atomic E-state index is 12.9. The van der Waals surface area contributed by atoms with Crippen molar-refractivity contribution in [2.24, 2.45) is 0 Å². The summed E-state index contributed by atoms with van der Waals surface area (Å²) in [6.07, 6.45) is 109. The van der Waals surface area contributed by atoms with Gasteiger partial charge in [-0.3, -0.25) is 18.6 Å². The molecule has 96 heavy (non-hydrogen) atoms. The number of likely N-dealkylation sites (N-methyl/N-ethyl adjacent to an activating group) is 1. The average molecular weight is 1360 g/mol. The number of ether oxygens (including phenoxy) is 2. The van der Waals surface area contributed by atoms with Gasteiger partial charge in [0, 0.05) is 12.8 Å². The van der Waals surface area contributed by atoms with Crippen LogP contribution in [-0.2, 0) is 32.7 Å². The van der Waals surface area contributed by atoms with Crippen LogP contribution in [0, 0.1) is 0 Å². The van der Waals surface area contributed by atoms with Crippen LogP contribution in [0.4, 0.5) is 0 Å². The van der Waals surface area contributed by atoms with E-state index in [0.717, 1.165) is 103 Å². The smallest absolute Gasteiger partial charge is 0.462 e. The van der Waals surface area contributed by atoms with E-state index < -0.39 is 26.5 Å². The molecule has 0 aromatic heterocycles. The van der Waals surface area contributed by atoms with Gasteiger partial charge in [0.15, 0.2) is 6.10 Å². The first-order valence-corrected chi connectivity index (χ1v) is 41.8. The van der Waals surface area contributed by atoms with Crippen molar-refractivity contribution in [3.63, 3.8) is 0 Å². The standard InChI is InChI=1S/C86H152NO8P/c1-6-8-10-12-14-16-18-20-22-24-26-28-30-32-34-36-38-40-42-43-45-47-49-51-53-55-57-59-61-63-65-67-69-71-73-75-77-79-86(89)95-84(83-94-96(90,91)93-81-80-87(3,4)5)82-92-85(88)78-76-74-72-70-68-66-64-62-60-58-56-54-52-50-48-46-44-41-39-37-35-33-31-29-27-25-23-21-19-17-15-13-11-9-7-2/h8,10,14,16,20,22,25-28,32,34,38,40,43,45,49,51,55,57,84H,6-7,9,11-13,15,17-19,21,23-24,29-31,33,35-37,39,41-42,44,46-48,50,52-54,56,58-83H2,1-5H3/p+1/b10-8-,16-14-,22-20-,27-25-,28-26-,34-32-,40-38-,45-43-,51-49-,57-55-. The van der Waals surface area contributed by atoms with Crippen LogP contribution < -0.4 is 0 Å². The van der Waals surface area contributed by atoms with E-state index in [2.05, 4.69) is 135 Å². The largest absolute Gasteiger partial charge is 0.472 e. The molecule has 10 heteroatoms. The zero-order valence-electron chi connectivity index (χ0n) is 63.3. The molecule has 0 aliphatic heterocycles. The summed E-state index contributed by atoms with van der Waals surface area (Å²) in [4.78, 5) is 36.0. The Morgan fingerprint density at radius 2 is 0.594 bits per heavy atom. The first kappa shape index (κ1) is 92.4. The predicted octanol–water partition coefficient (Wildman–Crippen LogP) is 26.9. The predicted molar refractivity (Wildman–Crippen MR) is 418 cm³/mol. The zero-order chi connectivity index (χ0) is 69.7. The zero-order valence-corrected chi connectivity index (χ0v) is 64.2. The molecular weight excluding hydrogens is 1210 g/mol. The Hall–Kier alpha value is -3.59. The third-order valence-electron chi connectivity index (χ3n) is 17.5. The lowest BCUT2D eigenvalue weighted by atomic mass is 10.0. The van der Waals surface area contributed by atoms with Gasteiger partial charge in [-0.05, 0) is 109 Å². The minimum Gasteiger partial charge on any atom is -0.462 e. The lowest BCUT2D eigenvalue weighted by Crippen LogP contribution is -2.37. The third-order valence-corrected chi connectivity index (χ3v) is 18.5. The van der Waals surface area contributed by atoms with Crippen molar-refractivity contribution in [3.8, 4) is 0 Å². The normalized spacial score (nSPS) is 13.7. The van der Waals surface area contributed by atoms with E-state index >= 15 is 0 Å². The van der Waals surface area contributed by atoms with Crippen molar-refractivity contribution in [1.29, 1.82) is 0 Å². The lowest BCUT2D eigenvalue weighted by molar-refractivity contribution is -0.870. The summed E-state index contributed by atoms with van der Waals surface area (Å²) in [6.45, 7) is 4.35. The first-order valence-electron chi connectivity index (χ1n) is 40.3. The van der Waals surface area contributed by atoms with Crippen molar-refractivity contribution < 1.29 is 42.1 Å². The second-order valence-electron chi connectivity index (χ2n) is 28.1. The molecule has 1 N–H and O–H groups in total. The first-order chi connectivity index (χ1) is 47.0. The van der Waals surface area contributed by atoms with Gasteiger partial charge < -0.3 is 18.9 Å². The Labute approximate surface area is 594 Å². The molecule has 9 nitrogen and oxygen atoms in total. The molecule has 0 rings (SSSR count). The second kappa shape index (κ2) is 75.6. The van der Waals surface area contributed by atoms with Crippen LogP contribution in [0.2, 0.25) is 0 Å². The average Bonchev–Trinajstić information content (AvgIpc) is 2.72. The Morgan fingerprint density at radius 1 is 0.333 bits per heavy atom. The highest BCUT2D eigenvalue weighted by atomic mass is 31.2. The summed E-state index contributed by atoms with van der Waals surface area (Å²) < 4.78 is 34.8. The van der Waals surface area contributed by atoms with E-state index in [9.17, 15) is 19.0 Å². The number of quaternary nitrogens is 1. The maximum atomic E-state index is 12.9. The van der Waals surface area contributed by atoms with Gasteiger partial charge in [0.2, 0.25) is 0 Å². The van der Waals surface area contributed by atoms with Crippen molar-refractivity contribution in [2.75, 3.05) is 47.5 Å². The van der Waals surface area contributed by atoms with E-state index in [4.69, 9.17) is 18.5 Å². The van der Waals surface area contributed by atoms with Crippen LogP contribution in [0.15, 0.2) is 122 Å².